The third-order valence-corrected chi connectivity index (χ3v) is 0.678. The number of hydrogen-bond acceptors (Lipinski definition) is 2. The highest BCUT2D eigenvalue weighted by atomic mass is 16.1. The molecule has 0 spiro atoms. The molecule has 0 aliphatic rings. The van der Waals surface area contributed by atoms with Crippen LogP contribution in [0.5, 0.6) is 0 Å². The maximum atomic E-state index is 9.40. The maximum absolute atomic E-state index is 9.40. The highest BCUT2D eigenvalue weighted by Gasteiger charge is 1.66. The SMILES string of the molecule is C/C=C/C=O.CCCC=O. The van der Waals surface area contributed by atoms with Gasteiger partial charge < -0.3 is 4.79 Å². The Hall–Kier alpha value is -0.920. The molecule has 0 heterocycles. The van der Waals surface area contributed by atoms with Crippen LogP contribution >= 0.6 is 0 Å². The molecule has 0 atom stereocenters. The fourth-order valence-corrected chi connectivity index (χ4v) is 0.196. The Morgan fingerprint density at radius 3 is 1.90 bits per heavy atom. The van der Waals surface area contributed by atoms with Crippen LogP contribution in [0.3, 0.4) is 0 Å². The fraction of sp³-hybridized carbons (Fsp3) is 0.500. The first-order valence-electron chi connectivity index (χ1n) is 3.33. The van der Waals surface area contributed by atoms with Crippen molar-refractivity contribution in [2.75, 3.05) is 0 Å². The molecule has 0 radical (unpaired) electrons. The van der Waals surface area contributed by atoms with Gasteiger partial charge in [-0.15, -0.1) is 0 Å². The number of carbonyl (C=O) groups is 2. The second kappa shape index (κ2) is 15.7. The zero-order chi connectivity index (χ0) is 8.24. The Kier molecular flexibility index (Phi) is 18.6. The molecule has 2 nitrogen and oxygen atoms in total. The van der Waals surface area contributed by atoms with Crippen molar-refractivity contribution in [2.45, 2.75) is 26.7 Å². The van der Waals surface area contributed by atoms with Gasteiger partial charge in [0, 0.05) is 6.42 Å². The summed E-state index contributed by atoms with van der Waals surface area (Å²) in [5.74, 6) is 0. The van der Waals surface area contributed by atoms with Crippen molar-refractivity contribution in [2.24, 2.45) is 0 Å². The van der Waals surface area contributed by atoms with Gasteiger partial charge >= 0.3 is 0 Å². The Balaban J connectivity index is 0. The van der Waals surface area contributed by atoms with Crippen LogP contribution in [-0.4, -0.2) is 12.6 Å². The van der Waals surface area contributed by atoms with Crippen molar-refractivity contribution in [1.29, 1.82) is 0 Å². The van der Waals surface area contributed by atoms with Gasteiger partial charge in [-0.2, -0.15) is 0 Å². The molecule has 58 valence electrons. The lowest BCUT2D eigenvalue weighted by molar-refractivity contribution is -0.108. The first kappa shape index (κ1) is 11.8. The van der Waals surface area contributed by atoms with E-state index in [9.17, 15) is 9.59 Å². The van der Waals surface area contributed by atoms with Gasteiger partial charge in [0.2, 0.25) is 0 Å². The van der Waals surface area contributed by atoms with Crippen LogP contribution in [-0.2, 0) is 9.59 Å². The molecule has 10 heavy (non-hydrogen) atoms. The average Bonchev–Trinajstić information content (AvgIpc) is 1.93. The Labute approximate surface area is 61.9 Å². The van der Waals surface area contributed by atoms with E-state index < -0.39 is 0 Å². The normalized spacial score (nSPS) is 8.20. The maximum Gasteiger partial charge on any atom is 0.142 e. The van der Waals surface area contributed by atoms with E-state index >= 15 is 0 Å². The van der Waals surface area contributed by atoms with Crippen LogP contribution in [0.15, 0.2) is 12.2 Å². The van der Waals surface area contributed by atoms with Crippen molar-refractivity contribution < 1.29 is 9.59 Å². The lowest BCUT2D eigenvalue weighted by atomic mass is 10.4. The predicted molar refractivity (Wildman–Crippen MR) is 41.9 cm³/mol. The summed E-state index contributed by atoms with van der Waals surface area (Å²) in [7, 11) is 0. The molecule has 0 amide bonds. The van der Waals surface area contributed by atoms with Crippen molar-refractivity contribution in [1.82, 2.24) is 0 Å². The molecular weight excluding hydrogens is 128 g/mol. The zero-order valence-corrected chi connectivity index (χ0v) is 6.54. The summed E-state index contributed by atoms with van der Waals surface area (Å²) in [6, 6.07) is 0. The minimum absolute atomic E-state index is 0.708. The van der Waals surface area contributed by atoms with Gasteiger partial charge in [0.15, 0.2) is 0 Å². The van der Waals surface area contributed by atoms with E-state index in [2.05, 4.69) is 0 Å². The summed E-state index contributed by atoms with van der Waals surface area (Å²) >= 11 is 0. The van der Waals surface area contributed by atoms with E-state index in [-0.39, 0.29) is 0 Å². The van der Waals surface area contributed by atoms with E-state index in [1.54, 1.807) is 13.0 Å². The molecular formula is C8H14O2. The second-order valence-electron chi connectivity index (χ2n) is 1.62. The molecule has 0 saturated heterocycles. The number of rotatable bonds is 3. The van der Waals surface area contributed by atoms with Crippen molar-refractivity contribution in [3.05, 3.63) is 12.2 Å². The Bertz CT molecular complexity index is 95.4. The predicted octanol–water partition coefficient (Wildman–Crippen LogP) is 1.75. The molecule has 0 bridgehead atoms. The van der Waals surface area contributed by atoms with Crippen LogP contribution in [0, 0.1) is 0 Å². The van der Waals surface area contributed by atoms with Crippen molar-refractivity contribution >= 4 is 12.6 Å². The zero-order valence-electron chi connectivity index (χ0n) is 6.54. The first-order chi connectivity index (χ1) is 4.83. The summed E-state index contributed by atoms with van der Waals surface area (Å²) < 4.78 is 0. The number of aldehydes is 2. The summed E-state index contributed by atoms with van der Waals surface area (Å²) in [5.41, 5.74) is 0. The standard InChI is InChI=1S/C4H8O.C4H6O/c2*1-2-3-4-5/h4H,2-3H2,1H3;2-4H,1H3/b;3-2+. The molecule has 0 aliphatic heterocycles. The molecule has 0 aromatic rings. The Morgan fingerprint density at radius 2 is 1.90 bits per heavy atom. The van der Waals surface area contributed by atoms with Crippen LogP contribution in [0.4, 0.5) is 0 Å². The summed E-state index contributed by atoms with van der Waals surface area (Å²) in [5, 5.41) is 0. The van der Waals surface area contributed by atoms with Crippen LogP contribution in [0.2, 0.25) is 0 Å². The molecule has 0 saturated carbocycles. The van der Waals surface area contributed by atoms with Gasteiger partial charge in [0.05, 0.1) is 0 Å². The van der Waals surface area contributed by atoms with Crippen molar-refractivity contribution in [3.63, 3.8) is 0 Å². The fourth-order valence-electron chi connectivity index (χ4n) is 0.196. The van der Waals surface area contributed by atoms with E-state index in [0.717, 1.165) is 19.0 Å². The molecule has 0 rings (SSSR count). The van der Waals surface area contributed by atoms with Gasteiger partial charge in [-0.1, -0.05) is 13.0 Å². The number of unbranched alkanes of at least 4 members (excludes halogenated alkanes) is 1. The molecule has 0 aromatic heterocycles. The molecule has 0 aliphatic carbocycles. The van der Waals surface area contributed by atoms with Crippen molar-refractivity contribution in [3.8, 4) is 0 Å². The van der Waals surface area contributed by atoms with Gasteiger partial charge in [-0.3, -0.25) is 4.79 Å². The number of hydrogen-bond donors (Lipinski definition) is 0. The smallest absolute Gasteiger partial charge is 0.142 e. The van der Waals surface area contributed by atoms with E-state index in [0.29, 0.717) is 6.42 Å². The van der Waals surface area contributed by atoms with Gasteiger partial charge in [-0.05, 0) is 19.4 Å². The molecule has 0 unspecified atom stereocenters. The minimum atomic E-state index is 0.708. The van der Waals surface area contributed by atoms with E-state index in [1.165, 1.54) is 6.08 Å². The van der Waals surface area contributed by atoms with Gasteiger partial charge in [-0.25, -0.2) is 0 Å². The second-order valence-corrected chi connectivity index (χ2v) is 1.62. The topological polar surface area (TPSA) is 34.1 Å². The molecule has 0 N–H and O–H groups in total. The van der Waals surface area contributed by atoms with Crippen LogP contribution in [0.25, 0.3) is 0 Å². The largest absolute Gasteiger partial charge is 0.303 e. The third-order valence-electron chi connectivity index (χ3n) is 0.678. The monoisotopic (exact) mass is 142 g/mol. The highest BCUT2D eigenvalue weighted by Crippen LogP contribution is 1.74. The molecule has 0 aromatic carbocycles. The first-order valence-corrected chi connectivity index (χ1v) is 3.33. The van der Waals surface area contributed by atoms with Gasteiger partial charge in [0.25, 0.3) is 0 Å². The van der Waals surface area contributed by atoms with Crippen LogP contribution in [0.1, 0.15) is 26.7 Å². The third kappa shape index (κ3) is 27.6. The quantitative estimate of drug-likeness (QED) is 0.444. The molecule has 0 fully saturated rings. The lowest BCUT2D eigenvalue weighted by Gasteiger charge is -1.68. The van der Waals surface area contributed by atoms with Crippen LogP contribution < -0.4 is 0 Å². The highest BCUT2D eigenvalue weighted by molar-refractivity contribution is 5.64. The van der Waals surface area contributed by atoms with E-state index in [1.807, 2.05) is 6.92 Å². The summed E-state index contributed by atoms with van der Waals surface area (Å²) in [6.07, 6.45) is 6.50. The number of carbonyl (C=O) groups excluding carboxylic acids is 2. The summed E-state index contributed by atoms with van der Waals surface area (Å²) in [6.45, 7) is 3.78. The minimum Gasteiger partial charge on any atom is -0.303 e. The number of allylic oxidation sites excluding steroid dienone is 2. The average molecular weight is 142 g/mol. The van der Waals surface area contributed by atoms with E-state index in [4.69, 9.17) is 0 Å². The Morgan fingerprint density at radius 1 is 1.30 bits per heavy atom. The lowest BCUT2D eigenvalue weighted by Crippen LogP contribution is -1.64. The van der Waals surface area contributed by atoms with Gasteiger partial charge in [0.1, 0.15) is 12.6 Å². The summed E-state index contributed by atoms with van der Waals surface area (Å²) in [4.78, 5) is 18.7. The molecule has 2 heteroatoms.